The molecule has 7 heteroatoms. The molecule has 4 nitrogen and oxygen atoms in total. The van der Waals surface area contributed by atoms with Crippen LogP contribution in [0.25, 0.3) is 0 Å². The number of carbonyl (C=O) groups is 1. The van der Waals surface area contributed by atoms with Gasteiger partial charge in [0.1, 0.15) is 0 Å². The Hall–Kier alpha value is -1.76. The van der Waals surface area contributed by atoms with Crippen LogP contribution in [-0.4, -0.2) is 35.7 Å². The molecule has 0 aromatic heterocycles. The number of aliphatic hydroxyl groups excluding tert-OH is 1. The maximum absolute atomic E-state index is 12.6. The minimum Gasteiger partial charge on any atom is -0.396 e. The largest absolute Gasteiger partial charge is 0.416 e. The fraction of sp³-hybridized carbons (Fsp3) is 0.500. The normalized spacial score (nSPS) is 18.9. The van der Waals surface area contributed by atoms with Gasteiger partial charge in [-0.05, 0) is 37.0 Å². The first-order valence-electron chi connectivity index (χ1n) is 6.74. The van der Waals surface area contributed by atoms with Gasteiger partial charge in [-0.25, -0.2) is 4.79 Å². The number of benzene rings is 1. The molecular weight excluding hydrogens is 285 g/mol. The number of halogens is 3. The molecule has 1 aliphatic rings. The molecule has 1 fully saturated rings. The molecule has 1 atom stereocenters. The first-order chi connectivity index (χ1) is 9.90. The van der Waals surface area contributed by atoms with Gasteiger partial charge in [-0.2, -0.15) is 13.2 Å². The van der Waals surface area contributed by atoms with Crippen LogP contribution in [0.3, 0.4) is 0 Å². The predicted molar refractivity (Wildman–Crippen MR) is 71.8 cm³/mol. The van der Waals surface area contributed by atoms with Gasteiger partial charge in [-0.3, -0.25) is 0 Å². The van der Waals surface area contributed by atoms with Crippen LogP contribution in [-0.2, 0) is 6.18 Å². The predicted octanol–water partition coefficient (Wildman–Crippen LogP) is 2.94. The summed E-state index contributed by atoms with van der Waals surface area (Å²) in [6.07, 6.45) is -3.00. The van der Waals surface area contributed by atoms with Crippen LogP contribution >= 0.6 is 0 Å². The van der Waals surface area contributed by atoms with E-state index in [4.69, 9.17) is 5.11 Å². The molecule has 1 aliphatic heterocycles. The number of nitrogens with one attached hydrogen (secondary N) is 1. The van der Waals surface area contributed by atoms with E-state index in [9.17, 15) is 18.0 Å². The van der Waals surface area contributed by atoms with Crippen molar-refractivity contribution < 1.29 is 23.1 Å². The Bertz CT molecular complexity index is 505. The fourth-order valence-corrected chi connectivity index (χ4v) is 2.41. The Labute approximate surface area is 120 Å². The Morgan fingerprint density at radius 2 is 2.19 bits per heavy atom. The van der Waals surface area contributed by atoms with E-state index in [2.05, 4.69) is 5.32 Å². The molecule has 1 saturated heterocycles. The second-order valence-corrected chi connectivity index (χ2v) is 5.12. The average molecular weight is 302 g/mol. The van der Waals surface area contributed by atoms with Crippen molar-refractivity contribution in [2.45, 2.75) is 19.0 Å². The second kappa shape index (κ2) is 6.34. The molecule has 0 spiro atoms. The van der Waals surface area contributed by atoms with Gasteiger partial charge in [0.2, 0.25) is 0 Å². The van der Waals surface area contributed by atoms with E-state index in [1.54, 1.807) is 4.90 Å². The molecular formula is C14H17F3N2O2. The van der Waals surface area contributed by atoms with Crippen LogP contribution in [0.15, 0.2) is 24.3 Å². The highest BCUT2D eigenvalue weighted by Crippen LogP contribution is 2.30. The minimum absolute atomic E-state index is 0.0771. The standard InChI is InChI=1S/C14H17F3N2O2/c15-14(16,17)11-2-1-3-12(8-11)18-13(21)19-6-4-10(9-19)5-7-20/h1-3,8,10,20H,4-7,9H2,(H,18,21). The Morgan fingerprint density at radius 1 is 1.43 bits per heavy atom. The number of likely N-dealkylation sites (tertiary alicyclic amines) is 1. The fourth-order valence-electron chi connectivity index (χ4n) is 2.41. The topological polar surface area (TPSA) is 52.6 Å². The zero-order valence-corrected chi connectivity index (χ0v) is 11.4. The number of carbonyl (C=O) groups excluding carboxylic acids is 1. The molecule has 0 saturated carbocycles. The molecule has 1 heterocycles. The zero-order valence-electron chi connectivity index (χ0n) is 11.4. The number of rotatable bonds is 3. The van der Waals surface area contributed by atoms with E-state index in [0.29, 0.717) is 19.5 Å². The van der Waals surface area contributed by atoms with Gasteiger partial charge in [-0.15, -0.1) is 0 Å². The third-order valence-electron chi connectivity index (χ3n) is 3.55. The van der Waals surface area contributed by atoms with Crippen molar-refractivity contribution >= 4 is 11.7 Å². The second-order valence-electron chi connectivity index (χ2n) is 5.12. The summed E-state index contributed by atoms with van der Waals surface area (Å²) in [6.45, 7) is 1.15. The summed E-state index contributed by atoms with van der Waals surface area (Å²) in [5.41, 5.74) is -0.666. The van der Waals surface area contributed by atoms with Gasteiger partial charge in [-0.1, -0.05) is 6.07 Å². The first-order valence-corrected chi connectivity index (χ1v) is 6.74. The summed E-state index contributed by atoms with van der Waals surface area (Å²) >= 11 is 0. The maximum Gasteiger partial charge on any atom is 0.416 e. The summed E-state index contributed by atoms with van der Waals surface area (Å²) in [5.74, 6) is 0.252. The summed E-state index contributed by atoms with van der Waals surface area (Å²) in [4.78, 5) is 13.6. The van der Waals surface area contributed by atoms with Crippen molar-refractivity contribution in [3.05, 3.63) is 29.8 Å². The number of anilines is 1. The van der Waals surface area contributed by atoms with Crippen molar-refractivity contribution in [2.24, 2.45) is 5.92 Å². The molecule has 2 amide bonds. The third-order valence-corrected chi connectivity index (χ3v) is 3.55. The van der Waals surface area contributed by atoms with Crippen molar-refractivity contribution in [3.63, 3.8) is 0 Å². The Morgan fingerprint density at radius 3 is 2.86 bits per heavy atom. The molecule has 1 unspecified atom stereocenters. The molecule has 2 rings (SSSR count). The van der Waals surface area contributed by atoms with Crippen LogP contribution in [0, 0.1) is 5.92 Å². The zero-order chi connectivity index (χ0) is 15.5. The SMILES string of the molecule is O=C(Nc1cccc(C(F)(F)F)c1)N1CCC(CCO)C1. The molecule has 0 bridgehead atoms. The van der Waals surface area contributed by atoms with E-state index >= 15 is 0 Å². The molecule has 0 radical (unpaired) electrons. The van der Waals surface area contributed by atoms with Crippen LogP contribution in [0.2, 0.25) is 0 Å². The number of hydrogen-bond acceptors (Lipinski definition) is 2. The van der Waals surface area contributed by atoms with Gasteiger partial charge in [0.25, 0.3) is 0 Å². The molecule has 1 aromatic rings. The highest BCUT2D eigenvalue weighted by Gasteiger charge is 2.31. The average Bonchev–Trinajstić information content (AvgIpc) is 2.87. The minimum atomic E-state index is -4.43. The molecule has 21 heavy (non-hydrogen) atoms. The number of amides is 2. The van der Waals surface area contributed by atoms with E-state index in [-0.39, 0.29) is 18.2 Å². The van der Waals surface area contributed by atoms with Crippen molar-refractivity contribution in [1.29, 1.82) is 0 Å². The van der Waals surface area contributed by atoms with E-state index in [0.717, 1.165) is 18.6 Å². The molecule has 0 aliphatic carbocycles. The van der Waals surface area contributed by atoms with Gasteiger partial charge >= 0.3 is 12.2 Å². The van der Waals surface area contributed by atoms with Crippen molar-refractivity contribution in [2.75, 3.05) is 25.0 Å². The van der Waals surface area contributed by atoms with Crippen molar-refractivity contribution in [1.82, 2.24) is 4.90 Å². The monoisotopic (exact) mass is 302 g/mol. The molecule has 2 N–H and O–H groups in total. The number of urea groups is 1. The van der Waals surface area contributed by atoms with Crippen LogP contribution < -0.4 is 5.32 Å². The quantitative estimate of drug-likeness (QED) is 0.902. The third kappa shape index (κ3) is 4.10. The molecule has 1 aromatic carbocycles. The van der Waals surface area contributed by atoms with Crippen LogP contribution in [0.1, 0.15) is 18.4 Å². The Kier molecular flexibility index (Phi) is 4.72. The van der Waals surface area contributed by atoms with E-state index < -0.39 is 17.8 Å². The van der Waals surface area contributed by atoms with Gasteiger partial charge in [0.15, 0.2) is 0 Å². The van der Waals surface area contributed by atoms with E-state index in [1.807, 2.05) is 0 Å². The maximum atomic E-state index is 12.6. The smallest absolute Gasteiger partial charge is 0.396 e. The van der Waals surface area contributed by atoms with Crippen LogP contribution in [0.5, 0.6) is 0 Å². The van der Waals surface area contributed by atoms with Gasteiger partial charge in [0.05, 0.1) is 5.56 Å². The number of alkyl halides is 3. The summed E-state index contributed by atoms with van der Waals surface area (Å²) < 4.78 is 37.8. The molecule has 116 valence electrons. The van der Waals surface area contributed by atoms with Gasteiger partial charge in [0, 0.05) is 25.4 Å². The highest BCUT2D eigenvalue weighted by atomic mass is 19.4. The first kappa shape index (κ1) is 15.6. The Balaban J connectivity index is 1.97. The lowest BCUT2D eigenvalue weighted by molar-refractivity contribution is -0.137. The summed E-state index contributed by atoms with van der Waals surface area (Å²) in [5, 5.41) is 11.4. The van der Waals surface area contributed by atoms with Crippen molar-refractivity contribution in [3.8, 4) is 0 Å². The van der Waals surface area contributed by atoms with Gasteiger partial charge < -0.3 is 15.3 Å². The van der Waals surface area contributed by atoms with Crippen LogP contribution in [0.4, 0.5) is 23.7 Å². The lowest BCUT2D eigenvalue weighted by atomic mass is 10.1. The van der Waals surface area contributed by atoms with E-state index in [1.165, 1.54) is 12.1 Å². The number of aliphatic hydroxyl groups is 1. The summed E-state index contributed by atoms with van der Waals surface area (Å²) in [7, 11) is 0. The lowest BCUT2D eigenvalue weighted by Gasteiger charge is -2.18. The number of hydrogen-bond donors (Lipinski definition) is 2. The summed E-state index contributed by atoms with van der Waals surface area (Å²) in [6, 6.07) is 4.16. The highest BCUT2D eigenvalue weighted by molar-refractivity contribution is 5.89. The number of nitrogens with zero attached hydrogens (tertiary/aromatic N) is 1. The lowest BCUT2D eigenvalue weighted by Crippen LogP contribution is -2.33.